The smallest absolute Gasteiger partial charge is 0.455 e. The van der Waals surface area contributed by atoms with Gasteiger partial charge in [-0.25, -0.2) is 4.98 Å². The summed E-state index contributed by atoms with van der Waals surface area (Å²) in [6.45, 7) is 1.29. The molecule has 0 unspecified atom stereocenters. The average Bonchev–Trinajstić information content (AvgIpc) is 2.73. The molecule has 0 spiro atoms. The van der Waals surface area contributed by atoms with Crippen LogP contribution in [0.15, 0.2) is 48.7 Å². The fourth-order valence-corrected chi connectivity index (χ4v) is 3.18. The normalized spacial score (nSPS) is 11.6. The minimum absolute atomic E-state index is 0.0240. The van der Waals surface area contributed by atoms with Crippen LogP contribution in [0.3, 0.4) is 0 Å². The molecule has 3 rings (SSSR count). The monoisotopic (exact) mass is 549 g/mol. The van der Waals surface area contributed by atoms with E-state index in [4.69, 9.17) is 22.1 Å². The van der Waals surface area contributed by atoms with Crippen molar-refractivity contribution in [2.24, 2.45) is 5.73 Å². The number of benzene rings is 2. The van der Waals surface area contributed by atoms with Crippen molar-refractivity contribution in [2.45, 2.75) is 19.6 Å². The summed E-state index contributed by atoms with van der Waals surface area (Å²) in [4.78, 5) is 27.9. The Hall–Kier alpha value is -4.20. The number of hydrogen-bond acceptors (Lipinski definition) is 6. The maximum Gasteiger partial charge on any atom is 0.573 e. The number of rotatable bonds is 7. The Kier molecular flexibility index (Phi) is 7.71. The van der Waals surface area contributed by atoms with E-state index in [9.17, 15) is 35.9 Å². The third kappa shape index (κ3) is 7.64. The van der Waals surface area contributed by atoms with Gasteiger partial charge < -0.3 is 25.3 Å². The van der Waals surface area contributed by atoms with Gasteiger partial charge in [0, 0.05) is 12.1 Å². The van der Waals surface area contributed by atoms with Gasteiger partial charge in [0.25, 0.3) is 11.8 Å². The van der Waals surface area contributed by atoms with Gasteiger partial charge in [-0.15, -0.1) is 26.3 Å². The lowest BCUT2D eigenvalue weighted by atomic mass is 10.1. The second-order valence-corrected chi connectivity index (χ2v) is 7.56. The highest BCUT2D eigenvalue weighted by Crippen LogP contribution is 2.39. The zero-order valence-corrected chi connectivity index (χ0v) is 19.1. The van der Waals surface area contributed by atoms with Crippen LogP contribution in [0.5, 0.6) is 23.0 Å². The third-order valence-corrected chi connectivity index (χ3v) is 4.66. The number of anilines is 1. The van der Waals surface area contributed by atoms with Crippen molar-refractivity contribution >= 4 is 29.1 Å². The first kappa shape index (κ1) is 27.4. The SMILES string of the molecule is Cc1cc(OC(F)(F)F)cc(Oc2ccc(OC(F)(F)F)cc2Cl)c1C(=O)Nc1ccc(C(N)=O)nc1. The van der Waals surface area contributed by atoms with Gasteiger partial charge in [-0.3, -0.25) is 9.59 Å². The number of amides is 2. The molecule has 0 aliphatic rings. The molecular formula is C22H14ClF6N3O5. The molecule has 0 bridgehead atoms. The summed E-state index contributed by atoms with van der Waals surface area (Å²) in [6, 6.07) is 6.78. The van der Waals surface area contributed by atoms with Crippen molar-refractivity contribution in [1.82, 2.24) is 4.98 Å². The van der Waals surface area contributed by atoms with Gasteiger partial charge in [-0.1, -0.05) is 11.6 Å². The van der Waals surface area contributed by atoms with Gasteiger partial charge in [0.15, 0.2) is 0 Å². The Morgan fingerprint density at radius 3 is 2.11 bits per heavy atom. The van der Waals surface area contributed by atoms with E-state index in [2.05, 4.69) is 19.8 Å². The molecular weight excluding hydrogens is 536 g/mol. The number of primary amides is 1. The Morgan fingerprint density at radius 2 is 1.57 bits per heavy atom. The summed E-state index contributed by atoms with van der Waals surface area (Å²) in [5.74, 6) is -3.87. The van der Waals surface area contributed by atoms with E-state index >= 15 is 0 Å². The van der Waals surface area contributed by atoms with E-state index < -0.39 is 46.8 Å². The van der Waals surface area contributed by atoms with Crippen molar-refractivity contribution < 1.29 is 50.1 Å². The Labute approximate surface area is 208 Å². The molecule has 0 fully saturated rings. The van der Waals surface area contributed by atoms with Gasteiger partial charge >= 0.3 is 12.7 Å². The van der Waals surface area contributed by atoms with Crippen molar-refractivity contribution in [3.05, 3.63) is 70.5 Å². The number of halogens is 7. The van der Waals surface area contributed by atoms with Crippen molar-refractivity contribution in [3.63, 3.8) is 0 Å². The van der Waals surface area contributed by atoms with E-state index in [1.54, 1.807) is 0 Å². The molecule has 0 saturated carbocycles. The molecule has 37 heavy (non-hydrogen) atoms. The first-order chi connectivity index (χ1) is 17.1. The minimum Gasteiger partial charge on any atom is -0.455 e. The second kappa shape index (κ2) is 10.4. The lowest BCUT2D eigenvalue weighted by Gasteiger charge is -2.18. The summed E-state index contributed by atoms with van der Waals surface area (Å²) >= 11 is 5.97. The summed E-state index contributed by atoms with van der Waals surface area (Å²) < 4.78 is 88.9. The summed E-state index contributed by atoms with van der Waals surface area (Å²) in [6.07, 6.45) is -8.96. The molecule has 1 aromatic heterocycles. The third-order valence-electron chi connectivity index (χ3n) is 4.36. The second-order valence-electron chi connectivity index (χ2n) is 7.15. The molecule has 0 aliphatic heterocycles. The molecule has 2 aromatic carbocycles. The number of aromatic nitrogens is 1. The highest BCUT2D eigenvalue weighted by Gasteiger charge is 2.33. The van der Waals surface area contributed by atoms with Crippen LogP contribution in [0, 0.1) is 6.92 Å². The predicted octanol–water partition coefficient (Wildman–Crippen LogP) is 5.98. The Morgan fingerprint density at radius 1 is 0.919 bits per heavy atom. The van der Waals surface area contributed by atoms with Gasteiger partial charge in [-0.05, 0) is 42.8 Å². The van der Waals surface area contributed by atoms with Crippen LogP contribution in [0.2, 0.25) is 5.02 Å². The fourth-order valence-electron chi connectivity index (χ4n) is 2.97. The summed E-state index contributed by atoms with van der Waals surface area (Å²) in [7, 11) is 0. The Bertz CT molecular complexity index is 1330. The zero-order chi connectivity index (χ0) is 27.5. The van der Waals surface area contributed by atoms with Gasteiger partial charge in [0.1, 0.15) is 28.7 Å². The quantitative estimate of drug-likeness (QED) is 0.350. The highest BCUT2D eigenvalue weighted by atomic mass is 35.5. The van der Waals surface area contributed by atoms with Crippen molar-refractivity contribution in [3.8, 4) is 23.0 Å². The van der Waals surface area contributed by atoms with E-state index in [0.717, 1.165) is 36.5 Å². The number of nitrogens with zero attached hydrogens (tertiary/aromatic N) is 1. The number of nitrogens with one attached hydrogen (secondary N) is 1. The number of hydrogen-bond donors (Lipinski definition) is 2. The molecule has 3 N–H and O–H groups in total. The molecule has 0 radical (unpaired) electrons. The van der Waals surface area contributed by atoms with Crippen LogP contribution in [0.1, 0.15) is 26.4 Å². The maximum absolute atomic E-state index is 13.0. The number of carbonyl (C=O) groups is 2. The number of pyridine rings is 1. The van der Waals surface area contributed by atoms with E-state index in [0.29, 0.717) is 0 Å². The number of alkyl halides is 6. The van der Waals surface area contributed by atoms with Gasteiger partial charge in [0.2, 0.25) is 0 Å². The van der Waals surface area contributed by atoms with Crippen LogP contribution >= 0.6 is 11.6 Å². The Balaban J connectivity index is 1.99. The standard InChI is InChI=1S/C22H14ClF6N3O5/c1-10-6-13(37-22(27,28)29)8-17(35-16-5-3-12(7-14(16)23)36-21(24,25)26)18(10)20(34)32-11-2-4-15(19(30)33)31-9-11/h2-9H,1H3,(H2,30,33)(H,32,34). The number of aryl methyl sites for hydroxylation is 1. The molecule has 196 valence electrons. The molecule has 3 aromatic rings. The lowest BCUT2D eigenvalue weighted by Crippen LogP contribution is -2.19. The molecule has 1 heterocycles. The summed E-state index contributed by atoms with van der Waals surface area (Å²) in [5, 5.41) is 2.03. The zero-order valence-electron chi connectivity index (χ0n) is 18.3. The molecule has 0 atom stereocenters. The largest absolute Gasteiger partial charge is 0.573 e. The van der Waals surface area contributed by atoms with Crippen LogP contribution in [0.4, 0.5) is 32.0 Å². The first-order valence-corrected chi connectivity index (χ1v) is 10.2. The molecule has 0 saturated heterocycles. The van der Waals surface area contributed by atoms with Crippen molar-refractivity contribution in [2.75, 3.05) is 5.32 Å². The van der Waals surface area contributed by atoms with E-state index in [-0.39, 0.29) is 28.3 Å². The topological polar surface area (TPSA) is 113 Å². The molecule has 15 heteroatoms. The minimum atomic E-state index is -5.07. The number of ether oxygens (including phenoxy) is 3. The fraction of sp³-hybridized carbons (Fsp3) is 0.136. The van der Waals surface area contributed by atoms with Gasteiger partial charge in [-0.2, -0.15) is 0 Å². The van der Waals surface area contributed by atoms with E-state index in [1.165, 1.54) is 19.1 Å². The maximum atomic E-state index is 13.0. The van der Waals surface area contributed by atoms with Gasteiger partial charge in [0.05, 0.1) is 22.5 Å². The predicted molar refractivity (Wildman–Crippen MR) is 117 cm³/mol. The highest BCUT2D eigenvalue weighted by molar-refractivity contribution is 6.32. The number of carbonyl (C=O) groups excluding carboxylic acids is 2. The first-order valence-electron chi connectivity index (χ1n) is 9.82. The molecule has 8 nitrogen and oxygen atoms in total. The van der Waals surface area contributed by atoms with Crippen LogP contribution in [0.25, 0.3) is 0 Å². The van der Waals surface area contributed by atoms with Crippen LogP contribution in [-0.4, -0.2) is 29.5 Å². The molecule has 0 aliphatic carbocycles. The van der Waals surface area contributed by atoms with E-state index in [1.807, 2.05) is 0 Å². The number of nitrogens with two attached hydrogens (primary N) is 1. The lowest BCUT2D eigenvalue weighted by molar-refractivity contribution is -0.275. The molecule has 2 amide bonds. The summed E-state index contributed by atoms with van der Waals surface area (Å²) in [5.41, 5.74) is 4.84. The van der Waals surface area contributed by atoms with Crippen molar-refractivity contribution in [1.29, 1.82) is 0 Å². The van der Waals surface area contributed by atoms with Crippen LogP contribution in [-0.2, 0) is 0 Å². The van der Waals surface area contributed by atoms with Crippen LogP contribution < -0.4 is 25.3 Å². The average molecular weight is 550 g/mol.